The van der Waals surface area contributed by atoms with E-state index in [1.54, 1.807) is 18.2 Å². The smallest absolute Gasteiger partial charge is 0.268 e. The minimum Gasteiger partial charge on any atom is -0.456 e. The number of rotatable bonds is 13. The molecule has 8 rings (SSSR count). The number of carbonyl (C=O) groups excluding carboxylic acids is 2. The highest BCUT2D eigenvalue weighted by atomic mass is 35.5. The summed E-state index contributed by atoms with van der Waals surface area (Å²) in [5, 5.41) is 5.02. The Bertz CT molecular complexity index is 2560. The van der Waals surface area contributed by atoms with E-state index in [1.807, 2.05) is 66.6 Å². The van der Waals surface area contributed by atoms with E-state index >= 15 is 0 Å². The number of aromatic nitrogens is 1. The first kappa shape index (κ1) is 42.4. The van der Waals surface area contributed by atoms with E-state index in [4.69, 9.17) is 16.3 Å². The first-order valence-electron chi connectivity index (χ1n) is 21.3. The zero-order chi connectivity index (χ0) is 42.7. The van der Waals surface area contributed by atoms with Crippen molar-refractivity contribution in [2.75, 3.05) is 62.6 Å². The van der Waals surface area contributed by atoms with Crippen LogP contribution < -0.4 is 19.7 Å². The average Bonchev–Trinajstić information content (AvgIpc) is 3.71. The number of aryl methyl sites for hydroxylation is 1. The van der Waals surface area contributed by atoms with Crippen molar-refractivity contribution in [2.24, 2.45) is 5.41 Å². The lowest BCUT2D eigenvalue weighted by Crippen LogP contribution is -2.47. The van der Waals surface area contributed by atoms with E-state index in [2.05, 4.69) is 50.8 Å². The van der Waals surface area contributed by atoms with Crippen LogP contribution in [0, 0.1) is 12.3 Å². The van der Waals surface area contributed by atoms with Crippen LogP contribution in [0.25, 0.3) is 16.5 Å². The van der Waals surface area contributed by atoms with Crippen LogP contribution in [0.3, 0.4) is 0 Å². The van der Waals surface area contributed by atoms with Crippen LogP contribution in [-0.4, -0.2) is 87.4 Å². The number of carbonyl (C=O) groups is 2. The quantitative estimate of drug-likeness (QED) is 0.107. The molecule has 11 nitrogen and oxygen atoms in total. The monoisotopic (exact) mass is 862 g/mol. The average molecular weight is 864 g/mol. The minimum absolute atomic E-state index is 0.0297. The lowest BCUT2D eigenvalue weighted by Gasteiger charge is -2.39. The van der Waals surface area contributed by atoms with Crippen LogP contribution in [0.2, 0.25) is 5.02 Å². The molecule has 0 spiro atoms. The molecule has 2 aliphatic heterocycles. The second-order valence-electron chi connectivity index (χ2n) is 17.4. The van der Waals surface area contributed by atoms with Gasteiger partial charge in [0.05, 0.1) is 10.5 Å². The van der Waals surface area contributed by atoms with Gasteiger partial charge in [-0.25, -0.2) is 13.1 Å². The minimum atomic E-state index is -4.25. The Hall–Kier alpha value is -5.30. The number of halogens is 1. The standard InChI is InChI=1S/C48H55ClN6O5S/c1-33-28-40(13-16-43(33)51-21-23-55-22-5-4-6-46(55)56)61(58,59)52-47(57)41-14-11-38(30-45(41)60-39-12-15-44-35(29-39)18-20-50-44)54-26-24-53(25-27-54)32-36-17-19-48(2,3)31-42(36)34-7-9-37(49)10-8-34/h7-16,18,20,28-30,50-51H,4-6,17,19,21-27,31-32H2,1-3H3,(H,52,57). The fourth-order valence-electron chi connectivity index (χ4n) is 8.76. The number of fused-ring (bicyclic) bond motifs is 1. The number of hydrogen-bond acceptors (Lipinski definition) is 8. The SMILES string of the molecule is Cc1cc(S(=O)(=O)NC(=O)c2ccc(N3CCN(CC4=C(c5ccc(Cl)cc5)CC(C)(C)CC4)CC3)cc2Oc2ccc3[nH]ccc3c2)ccc1NCCN1CCCCC1=O. The molecule has 0 bridgehead atoms. The van der Waals surface area contributed by atoms with E-state index in [0.29, 0.717) is 30.8 Å². The van der Waals surface area contributed by atoms with Crippen molar-refractivity contribution < 1.29 is 22.7 Å². The van der Waals surface area contributed by atoms with Crippen LogP contribution in [0.4, 0.5) is 11.4 Å². The van der Waals surface area contributed by atoms with Crippen LogP contribution in [0.1, 0.15) is 73.9 Å². The van der Waals surface area contributed by atoms with E-state index in [9.17, 15) is 18.0 Å². The predicted octanol–water partition coefficient (Wildman–Crippen LogP) is 9.25. The second kappa shape index (κ2) is 18.0. The number of nitrogens with zero attached hydrogens (tertiary/aromatic N) is 3. The summed E-state index contributed by atoms with van der Waals surface area (Å²) in [7, 11) is -4.25. The summed E-state index contributed by atoms with van der Waals surface area (Å²) in [4.78, 5) is 36.0. The number of likely N-dealkylation sites (tertiary alicyclic amines) is 1. The van der Waals surface area contributed by atoms with Gasteiger partial charge >= 0.3 is 0 Å². The molecule has 5 aromatic rings. The molecule has 1 aromatic heterocycles. The first-order chi connectivity index (χ1) is 29.3. The fraction of sp³-hybridized carbons (Fsp3) is 0.375. The van der Waals surface area contributed by atoms with Crippen molar-refractivity contribution in [1.29, 1.82) is 0 Å². The molecule has 0 atom stereocenters. The van der Waals surface area contributed by atoms with Gasteiger partial charge in [-0.05, 0) is 128 Å². The van der Waals surface area contributed by atoms with E-state index in [-0.39, 0.29) is 27.5 Å². The third-order valence-corrected chi connectivity index (χ3v) is 13.9. The van der Waals surface area contributed by atoms with Gasteiger partial charge in [-0.1, -0.05) is 43.2 Å². The number of nitrogens with one attached hydrogen (secondary N) is 3. The predicted molar refractivity (Wildman–Crippen MR) is 244 cm³/mol. The molecule has 13 heteroatoms. The van der Waals surface area contributed by atoms with Gasteiger partial charge in [0, 0.05) is 98.3 Å². The number of allylic oxidation sites excluding steroid dienone is 1. The molecule has 3 heterocycles. The largest absolute Gasteiger partial charge is 0.456 e. The number of benzene rings is 4. The van der Waals surface area contributed by atoms with Gasteiger partial charge in [-0.2, -0.15) is 0 Å². The van der Waals surface area contributed by atoms with Gasteiger partial charge in [0.1, 0.15) is 11.5 Å². The lowest BCUT2D eigenvalue weighted by atomic mass is 9.72. The molecular formula is C48H55ClN6O5S. The molecule has 0 saturated carbocycles. The third kappa shape index (κ3) is 10.1. The molecule has 1 aliphatic carbocycles. The van der Waals surface area contributed by atoms with Crippen molar-refractivity contribution >= 4 is 61.3 Å². The zero-order valence-corrected chi connectivity index (χ0v) is 36.8. The van der Waals surface area contributed by atoms with E-state index in [0.717, 1.165) is 98.7 Å². The lowest BCUT2D eigenvalue weighted by molar-refractivity contribution is -0.133. The van der Waals surface area contributed by atoms with Gasteiger partial charge in [0.15, 0.2) is 0 Å². The van der Waals surface area contributed by atoms with Gasteiger partial charge in [-0.3, -0.25) is 14.5 Å². The number of piperazine rings is 1. The molecule has 2 fully saturated rings. The summed E-state index contributed by atoms with van der Waals surface area (Å²) in [5.41, 5.74) is 7.85. The Morgan fingerprint density at radius 1 is 0.902 bits per heavy atom. The topological polar surface area (TPSA) is 127 Å². The molecule has 2 amide bonds. The molecule has 4 aromatic carbocycles. The Kier molecular flexibility index (Phi) is 12.5. The van der Waals surface area contributed by atoms with Crippen molar-refractivity contribution in [1.82, 2.24) is 19.5 Å². The van der Waals surface area contributed by atoms with Crippen molar-refractivity contribution in [3.8, 4) is 11.5 Å². The number of anilines is 2. The van der Waals surface area contributed by atoms with Crippen molar-refractivity contribution in [3.63, 3.8) is 0 Å². The number of hydrogen-bond donors (Lipinski definition) is 3. The Morgan fingerprint density at radius 3 is 2.48 bits per heavy atom. The second-order valence-corrected chi connectivity index (χ2v) is 19.5. The highest BCUT2D eigenvalue weighted by Gasteiger charge is 2.30. The van der Waals surface area contributed by atoms with Crippen molar-refractivity contribution in [2.45, 2.75) is 64.2 Å². The molecule has 320 valence electrons. The maximum Gasteiger partial charge on any atom is 0.268 e. The number of amides is 2. The van der Waals surface area contributed by atoms with Crippen LogP contribution in [0.15, 0.2) is 102 Å². The maximum absolute atomic E-state index is 13.9. The van der Waals surface area contributed by atoms with E-state index < -0.39 is 15.9 Å². The summed E-state index contributed by atoms with van der Waals surface area (Å²) in [5.74, 6) is 0.158. The van der Waals surface area contributed by atoms with Gasteiger partial charge in [0.25, 0.3) is 15.9 Å². The van der Waals surface area contributed by atoms with Crippen LogP contribution in [0.5, 0.6) is 11.5 Å². The summed E-state index contributed by atoms with van der Waals surface area (Å²) in [6.45, 7) is 12.6. The van der Waals surface area contributed by atoms with E-state index in [1.165, 1.54) is 22.8 Å². The number of aromatic amines is 1. The molecule has 3 aliphatic rings. The van der Waals surface area contributed by atoms with Crippen molar-refractivity contribution in [3.05, 3.63) is 118 Å². The van der Waals surface area contributed by atoms with Crippen LogP contribution in [-0.2, 0) is 14.8 Å². The first-order valence-corrected chi connectivity index (χ1v) is 23.2. The Morgan fingerprint density at radius 2 is 1.70 bits per heavy atom. The normalized spacial score (nSPS) is 17.5. The number of sulfonamides is 1. The molecular weight excluding hydrogens is 808 g/mol. The Labute approximate surface area is 364 Å². The number of piperidine rings is 1. The summed E-state index contributed by atoms with van der Waals surface area (Å²) in [6, 6.07) is 25.9. The highest BCUT2D eigenvalue weighted by molar-refractivity contribution is 7.90. The maximum atomic E-state index is 13.9. The summed E-state index contributed by atoms with van der Waals surface area (Å²) < 4.78 is 36.1. The number of ether oxygens (including phenoxy) is 1. The molecule has 0 radical (unpaired) electrons. The third-order valence-electron chi connectivity index (χ3n) is 12.3. The molecule has 61 heavy (non-hydrogen) atoms. The highest BCUT2D eigenvalue weighted by Crippen LogP contribution is 2.43. The summed E-state index contributed by atoms with van der Waals surface area (Å²) >= 11 is 6.25. The zero-order valence-electron chi connectivity index (χ0n) is 35.2. The fourth-order valence-corrected chi connectivity index (χ4v) is 9.94. The molecule has 3 N–H and O–H groups in total. The molecule has 2 saturated heterocycles. The molecule has 0 unspecified atom stereocenters. The number of H-pyrrole nitrogens is 1. The van der Waals surface area contributed by atoms with Gasteiger partial charge < -0.3 is 24.8 Å². The Balaban J connectivity index is 0.972. The van der Waals surface area contributed by atoms with Gasteiger partial charge in [-0.15, -0.1) is 0 Å². The van der Waals surface area contributed by atoms with Gasteiger partial charge in [0.2, 0.25) is 5.91 Å². The summed E-state index contributed by atoms with van der Waals surface area (Å²) in [6.07, 6.45) is 7.65. The van der Waals surface area contributed by atoms with Crippen LogP contribution >= 0.6 is 11.6 Å².